The van der Waals surface area contributed by atoms with Crippen LogP contribution in [0.1, 0.15) is 29.5 Å². The summed E-state index contributed by atoms with van der Waals surface area (Å²) >= 11 is 3.92. The van der Waals surface area contributed by atoms with Gasteiger partial charge in [-0.3, -0.25) is 0 Å². The molecular formula is C48H31NS2. The van der Waals surface area contributed by atoms with Gasteiger partial charge in [0, 0.05) is 41.1 Å². The van der Waals surface area contributed by atoms with Crippen molar-refractivity contribution in [3.8, 4) is 44.8 Å². The van der Waals surface area contributed by atoms with Crippen molar-refractivity contribution in [3.05, 3.63) is 191 Å². The van der Waals surface area contributed by atoms with E-state index in [1.54, 1.807) is 5.57 Å². The molecule has 3 aliphatic rings. The molecule has 0 saturated carbocycles. The highest BCUT2D eigenvalue weighted by atomic mass is 32.2. The van der Waals surface area contributed by atoms with Crippen molar-refractivity contribution >= 4 is 43.3 Å². The fourth-order valence-electron chi connectivity index (χ4n) is 8.89. The lowest BCUT2D eigenvalue weighted by atomic mass is 9.65. The molecule has 51 heavy (non-hydrogen) atoms. The molecule has 0 atom stereocenters. The molecule has 0 bridgehead atoms. The molecule has 3 heteroatoms. The Labute approximate surface area is 305 Å². The van der Waals surface area contributed by atoms with E-state index < -0.39 is 0 Å². The van der Waals surface area contributed by atoms with E-state index in [1.807, 2.05) is 23.1 Å². The van der Waals surface area contributed by atoms with Gasteiger partial charge in [0.25, 0.3) is 0 Å². The predicted octanol–water partition coefficient (Wildman–Crippen LogP) is 13.5. The van der Waals surface area contributed by atoms with Gasteiger partial charge in [0.15, 0.2) is 0 Å². The quantitative estimate of drug-likeness (QED) is 0.184. The molecule has 1 aliphatic heterocycles. The number of hydrogen-bond acceptors (Lipinski definition) is 3. The smallest absolute Gasteiger partial charge is 0.0730 e. The van der Waals surface area contributed by atoms with Crippen molar-refractivity contribution < 1.29 is 0 Å². The van der Waals surface area contributed by atoms with E-state index in [9.17, 15) is 0 Å². The van der Waals surface area contributed by atoms with E-state index in [2.05, 4.69) is 164 Å². The Morgan fingerprint density at radius 1 is 0.510 bits per heavy atom. The summed E-state index contributed by atoms with van der Waals surface area (Å²) in [5.74, 6) is 0. The fourth-order valence-corrected chi connectivity index (χ4v) is 11.7. The first-order valence-corrected chi connectivity index (χ1v) is 19.3. The third-order valence-electron chi connectivity index (χ3n) is 11.0. The maximum Gasteiger partial charge on any atom is 0.0730 e. The lowest BCUT2D eigenvalue weighted by Crippen LogP contribution is -2.33. The maximum atomic E-state index is 5.35. The highest BCUT2D eigenvalue weighted by molar-refractivity contribution is 8.03. The van der Waals surface area contributed by atoms with Gasteiger partial charge in [0.1, 0.15) is 0 Å². The minimum atomic E-state index is -0.294. The van der Waals surface area contributed by atoms with E-state index >= 15 is 0 Å². The molecule has 240 valence electrons. The van der Waals surface area contributed by atoms with Crippen LogP contribution in [0.2, 0.25) is 0 Å². The van der Waals surface area contributed by atoms with E-state index in [4.69, 9.17) is 4.98 Å². The van der Waals surface area contributed by atoms with Crippen LogP contribution in [-0.4, -0.2) is 4.98 Å². The second-order valence-electron chi connectivity index (χ2n) is 13.7. The van der Waals surface area contributed by atoms with Crippen LogP contribution in [0.5, 0.6) is 0 Å². The third-order valence-corrected chi connectivity index (χ3v) is 13.7. The first kappa shape index (κ1) is 29.3. The maximum absolute atomic E-state index is 5.35. The number of thioether (sulfide) groups is 1. The van der Waals surface area contributed by atoms with Crippen molar-refractivity contribution in [2.45, 2.75) is 23.2 Å². The molecule has 2 aromatic heterocycles. The molecule has 1 spiro atoms. The van der Waals surface area contributed by atoms with Gasteiger partial charge < -0.3 is 0 Å². The van der Waals surface area contributed by atoms with Crippen molar-refractivity contribution in [1.82, 2.24) is 4.98 Å². The number of aromatic nitrogens is 1. The summed E-state index contributed by atoms with van der Waals surface area (Å²) < 4.78 is 2.66. The van der Waals surface area contributed by atoms with Crippen molar-refractivity contribution in [1.29, 1.82) is 0 Å². The van der Waals surface area contributed by atoms with Crippen molar-refractivity contribution in [3.63, 3.8) is 0 Å². The third kappa shape index (κ3) is 4.19. The average molecular weight is 686 g/mol. The zero-order chi connectivity index (χ0) is 33.5. The van der Waals surface area contributed by atoms with Crippen LogP contribution in [0, 0.1) is 0 Å². The molecule has 2 aliphatic carbocycles. The zero-order valence-electron chi connectivity index (χ0n) is 27.8. The van der Waals surface area contributed by atoms with Gasteiger partial charge in [-0.2, -0.15) is 0 Å². The molecule has 0 amide bonds. The van der Waals surface area contributed by atoms with Gasteiger partial charge in [0.05, 0.1) is 16.8 Å². The Morgan fingerprint density at radius 2 is 1.16 bits per heavy atom. The Balaban J connectivity index is 1.18. The van der Waals surface area contributed by atoms with Gasteiger partial charge >= 0.3 is 0 Å². The summed E-state index contributed by atoms with van der Waals surface area (Å²) in [6.45, 7) is 0. The molecule has 0 unspecified atom stereocenters. The lowest BCUT2D eigenvalue weighted by molar-refractivity contribution is 0.675. The van der Waals surface area contributed by atoms with Crippen LogP contribution >= 0.6 is 23.1 Å². The largest absolute Gasteiger partial charge is 0.248 e. The predicted molar refractivity (Wildman–Crippen MR) is 216 cm³/mol. The summed E-state index contributed by atoms with van der Waals surface area (Å²) in [5, 5.41) is 2.62. The molecule has 11 rings (SSSR count). The Bertz CT molecular complexity index is 2670. The second kappa shape index (κ2) is 11.3. The van der Waals surface area contributed by atoms with Gasteiger partial charge in [-0.05, 0) is 69.5 Å². The fraction of sp³-hybridized carbons (Fsp3) is 0.0625. The Hall–Kier alpha value is -5.48. The van der Waals surface area contributed by atoms with E-state index in [0.29, 0.717) is 0 Å². The summed E-state index contributed by atoms with van der Waals surface area (Å²) in [7, 11) is 0. The number of pyridine rings is 1. The number of fused-ring (bicyclic) bond motifs is 12. The summed E-state index contributed by atoms with van der Waals surface area (Å²) in [5.41, 5.74) is 14.9. The summed E-state index contributed by atoms with van der Waals surface area (Å²) in [4.78, 5) is 8.16. The summed E-state index contributed by atoms with van der Waals surface area (Å²) in [6.07, 6.45) is 6.92. The number of hydrogen-bond donors (Lipinski definition) is 0. The molecule has 3 heterocycles. The first-order chi connectivity index (χ1) is 25.3. The number of thiophene rings is 1. The minimum Gasteiger partial charge on any atom is -0.248 e. The molecule has 0 radical (unpaired) electrons. The van der Waals surface area contributed by atoms with Gasteiger partial charge in [-0.1, -0.05) is 163 Å². The van der Waals surface area contributed by atoms with Crippen LogP contribution in [0.3, 0.4) is 0 Å². The number of rotatable bonds is 3. The molecule has 0 fully saturated rings. The standard InChI is InChI=1S/C48H31NS2/c1-3-14-30(15-4-1)32-28-42(31-16-5-2-6-17-31)49-43(29-32)37-21-13-20-35-36-26-27-41-47(46(36)51-45(35)37)50-44-25-12-11-24-40(44)48(41)38-22-9-7-18-33(38)34-19-8-10-23-39(34)48/h1-10,12-23,25-29H,11,24H2. The molecule has 0 N–H and O–H groups in total. The molecular weight excluding hydrogens is 655 g/mol. The van der Waals surface area contributed by atoms with Crippen LogP contribution in [0.15, 0.2) is 179 Å². The zero-order valence-corrected chi connectivity index (χ0v) is 29.4. The SMILES string of the molecule is C1=CC2=C(CC1)C1(c3ccccc3-c3ccccc31)c1ccc3c(sc4c(-c5cc(-c6ccccc6)cc(-c6ccccc6)n5)cccc43)c1S2. The van der Waals surface area contributed by atoms with E-state index in [1.165, 1.54) is 74.5 Å². The Kier molecular flexibility index (Phi) is 6.46. The van der Waals surface area contributed by atoms with Crippen LogP contribution in [0.25, 0.3) is 64.9 Å². The van der Waals surface area contributed by atoms with E-state index in [-0.39, 0.29) is 5.41 Å². The van der Waals surface area contributed by atoms with Gasteiger partial charge in [-0.25, -0.2) is 4.98 Å². The molecule has 6 aromatic carbocycles. The van der Waals surface area contributed by atoms with Gasteiger partial charge in [-0.15, -0.1) is 11.3 Å². The Morgan fingerprint density at radius 3 is 1.92 bits per heavy atom. The van der Waals surface area contributed by atoms with E-state index in [0.717, 1.165) is 29.8 Å². The summed E-state index contributed by atoms with van der Waals surface area (Å²) in [6, 6.07) is 55.7. The van der Waals surface area contributed by atoms with Crippen LogP contribution < -0.4 is 0 Å². The normalized spacial score (nSPS) is 15.2. The monoisotopic (exact) mass is 685 g/mol. The minimum absolute atomic E-state index is 0.294. The topological polar surface area (TPSA) is 12.9 Å². The molecule has 0 saturated heterocycles. The lowest BCUT2D eigenvalue weighted by Gasteiger charge is -2.42. The van der Waals surface area contributed by atoms with Crippen molar-refractivity contribution in [2.75, 3.05) is 0 Å². The van der Waals surface area contributed by atoms with Gasteiger partial charge in [0.2, 0.25) is 0 Å². The molecule has 8 aromatic rings. The highest BCUT2D eigenvalue weighted by Gasteiger charge is 2.51. The number of nitrogens with zero attached hydrogens (tertiary/aromatic N) is 1. The number of allylic oxidation sites excluding steroid dienone is 3. The first-order valence-electron chi connectivity index (χ1n) is 17.7. The highest BCUT2D eigenvalue weighted by Crippen LogP contribution is 2.65. The molecule has 1 nitrogen and oxygen atoms in total. The van der Waals surface area contributed by atoms with Crippen molar-refractivity contribution in [2.24, 2.45) is 0 Å². The van der Waals surface area contributed by atoms with Crippen LogP contribution in [-0.2, 0) is 5.41 Å². The number of benzene rings is 6. The second-order valence-corrected chi connectivity index (χ2v) is 15.8. The average Bonchev–Trinajstić information content (AvgIpc) is 3.73. The van der Waals surface area contributed by atoms with Crippen LogP contribution in [0.4, 0.5) is 0 Å².